The monoisotopic (exact) mass is 249 g/mol. The van der Waals surface area contributed by atoms with Gasteiger partial charge in [0.25, 0.3) is 0 Å². The van der Waals surface area contributed by atoms with Gasteiger partial charge in [-0.1, -0.05) is 30.3 Å². The van der Waals surface area contributed by atoms with Crippen molar-refractivity contribution in [2.75, 3.05) is 13.7 Å². The zero-order valence-corrected chi connectivity index (χ0v) is 10.2. The highest BCUT2D eigenvalue weighted by molar-refractivity contribution is 5.86. The molecule has 0 radical (unpaired) electrons. The molecule has 0 aromatic heterocycles. The molecule has 1 rings (SSSR count). The third-order valence-electron chi connectivity index (χ3n) is 2.08. The van der Waals surface area contributed by atoms with Crippen molar-refractivity contribution in [1.29, 1.82) is 0 Å². The van der Waals surface area contributed by atoms with Gasteiger partial charge < -0.3 is 9.47 Å². The molecule has 5 heteroatoms. The Morgan fingerprint density at radius 2 is 1.94 bits per heavy atom. The van der Waals surface area contributed by atoms with E-state index in [9.17, 15) is 9.59 Å². The molecule has 5 nitrogen and oxygen atoms in total. The molecule has 0 aliphatic heterocycles. The number of rotatable bonds is 6. The van der Waals surface area contributed by atoms with Gasteiger partial charge in [-0.2, -0.15) is 0 Å². The van der Waals surface area contributed by atoms with E-state index >= 15 is 0 Å². The van der Waals surface area contributed by atoms with Gasteiger partial charge in [0.15, 0.2) is 0 Å². The molecule has 0 aliphatic carbocycles. The van der Waals surface area contributed by atoms with Gasteiger partial charge in [0.2, 0.25) is 0 Å². The van der Waals surface area contributed by atoms with Crippen LogP contribution in [-0.4, -0.2) is 31.8 Å². The van der Waals surface area contributed by atoms with Crippen LogP contribution in [0.5, 0.6) is 0 Å². The first-order valence-corrected chi connectivity index (χ1v) is 5.47. The molecule has 96 valence electrons. The number of carbonyl (C=O) groups is 2. The van der Waals surface area contributed by atoms with E-state index in [1.165, 1.54) is 13.3 Å². The van der Waals surface area contributed by atoms with Crippen LogP contribution >= 0.6 is 0 Å². The summed E-state index contributed by atoms with van der Waals surface area (Å²) in [6.07, 6.45) is 1.40. The lowest BCUT2D eigenvalue weighted by Gasteiger charge is -2.02. The van der Waals surface area contributed by atoms with Gasteiger partial charge in [0.05, 0.1) is 13.5 Å². The number of esters is 2. The minimum absolute atomic E-state index is 0.0455. The Hall–Kier alpha value is -2.17. The Morgan fingerprint density at radius 1 is 1.22 bits per heavy atom. The molecule has 0 bridgehead atoms. The van der Waals surface area contributed by atoms with Crippen LogP contribution in [0, 0.1) is 0 Å². The zero-order chi connectivity index (χ0) is 13.2. The quantitative estimate of drug-likeness (QED) is 0.564. The first-order valence-electron chi connectivity index (χ1n) is 5.47. The fourth-order valence-electron chi connectivity index (χ4n) is 1.14. The number of methoxy groups -OCH3 is 1. The van der Waals surface area contributed by atoms with Crippen molar-refractivity contribution >= 4 is 18.2 Å². The smallest absolute Gasteiger partial charge is 0.327 e. The first-order chi connectivity index (χ1) is 8.72. The second-order valence-electron chi connectivity index (χ2n) is 3.45. The predicted molar refractivity (Wildman–Crippen MR) is 66.2 cm³/mol. The number of hydrogen-bond donors (Lipinski definition) is 0. The van der Waals surface area contributed by atoms with E-state index in [1.54, 1.807) is 0 Å². The number of benzene rings is 1. The summed E-state index contributed by atoms with van der Waals surface area (Å²) in [6, 6.07) is 9.39. The van der Waals surface area contributed by atoms with Crippen LogP contribution < -0.4 is 0 Å². The van der Waals surface area contributed by atoms with Crippen LogP contribution in [0.3, 0.4) is 0 Å². The van der Waals surface area contributed by atoms with Gasteiger partial charge in [0, 0.05) is 6.21 Å². The van der Waals surface area contributed by atoms with Gasteiger partial charge in [-0.15, -0.1) is 0 Å². The highest BCUT2D eigenvalue weighted by atomic mass is 16.5. The molecule has 0 spiro atoms. The normalized spacial score (nSPS) is 10.3. The summed E-state index contributed by atoms with van der Waals surface area (Å²) in [4.78, 5) is 25.8. The second kappa shape index (κ2) is 8.00. The summed E-state index contributed by atoms with van der Waals surface area (Å²) in [6.45, 7) is 0.160. The minimum atomic E-state index is -0.441. The lowest BCUT2D eigenvalue weighted by atomic mass is 10.2. The molecule has 0 saturated heterocycles. The topological polar surface area (TPSA) is 65.0 Å². The minimum Gasteiger partial charge on any atom is -0.468 e. The lowest BCUT2D eigenvalue weighted by molar-refractivity contribution is -0.143. The Labute approximate surface area is 105 Å². The standard InChI is InChI=1S/C13H15NO4/c1-17-13(16)9-14-8-7-12(15)18-10-11-5-3-2-4-6-11/h2-6,8H,7,9-10H2,1H3. The molecular weight excluding hydrogens is 234 g/mol. The first kappa shape index (κ1) is 13.9. The van der Waals surface area contributed by atoms with Gasteiger partial charge >= 0.3 is 11.9 Å². The Morgan fingerprint density at radius 3 is 2.61 bits per heavy atom. The second-order valence-corrected chi connectivity index (χ2v) is 3.45. The molecule has 0 unspecified atom stereocenters. The maximum Gasteiger partial charge on any atom is 0.327 e. The number of hydrogen-bond acceptors (Lipinski definition) is 5. The number of nitrogens with zero attached hydrogens (tertiary/aromatic N) is 1. The predicted octanol–water partition coefficient (Wildman–Crippen LogP) is 1.36. The van der Waals surface area contributed by atoms with E-state index in [-0.39, 0.29) is 25.5 Å². The summed E-state index contributed by atoms with van der Waals surface area (Å²) in [5.41, 5.74) is 0.928. The van der Waals surface area contributed by atoms with Crippen molar-refractivity contribution < 1.29 is 19.1 Å². The van der Waals surface area contributed by atoms with Crippen LogP contribution in [0.4, 0.5) is 0 Å². The molecule has 0 amide bonds. The van der Waals surface area contributed by atoms with Crippen LogP contribution in [-0.2, 0) is 25.7 Å². The molecule has 0 aliphatic rings. The fraction of sp³-hybridized carbons (Fsp3) is 0.308. The van der Waals surface area contributed by atoms with Crippen molar-refractivity contribution in [3.63, 3.8) is 0 Å². The van der Waals surface area contributed by atoms with Crippen LogP contribution in [0.25, 0.3) is 0 Å². The molecule has 18 heavy (non-hydrogen) atoms. The number of ether oxygens (including phenoxy) is 2. The van der Waals surface area contributed by atoms with Crippen molar-refractivity contribution in [3.8, 4) is 0 Å². The molecule has 1 aromatic rings. The maximum absolute atomic E-state index is 11.3. The van der Waals surface area contributed by atoms with Crippen molar-refractivity contribution in [2.24, 2.45) is 4.99 Å². The fourth-order valence-corrected chi connectivity index (χ4v) is 1.14. The maximum atomic E-state index is 11.3. The lowest BCUT2D eigenvalue weighted by Crippen LogP contribution is -2.07. The Balaban J connectivity index is 2.20. The van der Waals surface area contributed by atoms with Gasteiger partial charge in [-0.3, -0.25) is 14.6 Å². The molecule has 0 fully saturated rings. The Bertz CT molecular complexity index is 414. The average Bonchev–Trinajstić information content (AvgIpc) is 2.42. The summed E-state index contributed by atoms with van der Waals surface area (Å²) >= 11 is 0. The van der Waals surface area contributed by atoms with Crippen molar-refractivity contribution in [1.82, 2.24) is 0 Å². The van der Waals surface area contributed by atoms with E-state index < -0.39 is 5.97 Å². The van der Waals surface area contributed by atoms with Crippen molar-refractivity contribution in [3.05, 3.63) is 35.9 Å². The SMILES string of the molecule is COC(=O)CN=CCC(=O)OCc1ccccc1. The van der Waals surface area contributed by atoms with Gasteiger partial charge in [-0.25, -0.2) is 0 Å². The highest BCUT2D eigenvalue weighted by Gasteiger charge is 2.01. The highest BCUT2D eigenvalue weighted by Crippen LogP contribution is 2.01. The summed E-state index contributed by atoms with van der Waals surface area (Å²) in [5, 5.41) is 0. The third kappa shape index (κ3) is 5.79. The largest absolute Gasteiger partial charge is 0.468 e. The summed E-state index contributed by atoms with van der Waals surface area (Å²) in [7, 11) is 1.28. The summed E-state index contributed by atoms with van der Waals surface area (Å²) in [5.74, 6) is -0.823. The van der Waals surface area contributed by atoms with Crippen LogP contribution in [0.1, 0.15) is 12.0 Å². The molecule has 1 aromatic carbocycles. The van der Waals surface area contributed by atoms with E-state index in [2.05, 4.69) is 9.73 Å². The molecule has 0 saturated carbocycles. The molecule has 0 N–H and O–H groups in total. The third-order valence-corrected chi connectivity index (χ3v) is 2.08. The van der Waals surface area contributed by atoms with E-state index in [0.717, 1.165) is 5.56 Å². The van der Waals surface area contributed by atoms with Crippen molar-refractivity contribution in [2.45, 2.75) is 13.0 Å². The van der Waals surface area contributed by atoms with Crippen LogP contribution in [0.2, 0.25) is 0 Å². The number of carbonyl (C=O) groups excluding carboxylic acids is 2. The van der Waals surface area contributed by atoms with E-state index in [1.807, 2.05) is 30.3 Å². The molecule has 0 heterocycles. The summed E-state index contributed by atoms with van der Waals surface area (Å²) < 4.78 is 9.41. The zero-order valence-electron chi connectivity index (χ0n) is 10.2. The van der Waals surface area contributed by atoms with Gasteiger partial charge in [0.1, 0.15) is 13.2 Å². The van der Waals surface area contributed by atoms with Gasteiger partial charge in [-0.05, 0) is 5.56 Å². The van der Waals surface area contributed by atoms with Crippen LogP contribution in [0.15, 0.2) is 35.3 Å². The Kier molecular flexibility index (Phi) is 6.17. The average molecular weight is 249 g/mol. The molecule has 0 atom stereocenters. The van der Waals surface area contributed by atoms with E-state index in [4.69, 9.17) is 4.74 Å². The van der Waals surface area contributed by atoms with E-state index in [0.29, 0.717) is 0 Å². The number of aliphatic imine (C=N–C) groups is 1. The molecular formula is C13H15NO4.